The number of amides is 1. The second kappa shape index (κ2) is 12.6. The SMILES string of the molecule is CN=C(/C=C(\C)N=C(C(C)=C(C)C)N1CC[C@H](C)C1)C1CCCCN1C(=O)c1cc(Cl)ccc1NC. The topological polar surface area (TPSA) is 60.3 Å². The van der Waals surface area contributed by atoms with Crippen LogP contribution in [0.3, 0.4) is 0 Å². The van der Waals surface area contributed by atoms with E-state index in [4.69, 9.17) is 16.6 Å². The Morgan fingerprint density at radius 1 is 1.14 bits per heavy atom. The predicted octanol–water partition coefficient (Wildman–Crippen LogP) is 6.45. The van der Waals surface area contributed by atoms with E-state index in [2.05, 4.69) is 49.0 Å². The molecule has 1 unspecified atom stereocenters. The maximum atomic E-state index is 13.7. The van der Waals surface area contributed by atoms with Crippen LogP contribution in [-0.2, 0) is 0 Å². The number of hydrogen-bond donors (Lipinski definition) is 1. The number of nitrogens with zero attached hydrogens (tertiary/aromatic N) is 4. The number of hydrogen-bond acceptors (Lipinski definition) is 4. The number of nitrogens with one attached hydrogen (secondary N) is 1. The van der Waals surface area contributed by atoms with Crippen LogP contribution in [0.4, 0.5) is 5.69 Å². The van der Waals surface area contributed by atoms with Gasteiger partial charge in [-0.15, -0.1) is 0 Å². The molecule has 1 aromatic rings. The summed E-state index contributed by atoms with van der Waals surface area (Å²) in [5.74, 6) is 1.71. The van der Waals surface area contributed by atoms with Crippen molar-refractivity contribution in [1.82, 2.24) is 9.80 Å². The number of carbonyl (C=O) groups excluding carboxylic acids is 1. The van der Waals surface area contributed by atoms with Gasteiger partial charge in [-0.25, -0.2) is 4.99 Å². The van der Waals surface area contributed by atoms with E-state index in [9.17, 15) is 4.79 Å². The van der Waals surface area contributed by atoms with Gasteiger partial charge in [-0.1, -0.05) is 24.1 Å². The van der Waals surface area contributed by atoms with Crippen molar-refractivity contribution in [2.24, 2.45) is 15.9 Å². The maximum absolute atomic E-state index is 13.7. The minimum absolute atomic E-state index is 0.0191. The van der Waals surface area contributed by atoms with Crippen LogP contribution < -0.4 is 5.32 Å². The quantitative estimate of drug-likeness (QED) is 0.352. The molecular formula is C29H42ClN5O. The van der Waals surface area contributed by atoms with Gasteiger partial charge in [-0.05, 0) is 89.1 Å². The van der Waals surface area contributed by atoms with Gasteiger partial charge in [0.2, 0.25) is 0 Å². The van der Waals surface area contributed by atoms with Gasteiger partial charge >= 0.3 is 0 Å². The Morgan fingerprint density at radius 2 is 1.89 bits per heavy atom. The van der Waals surface area contributed by atoms with E-state index >= 15 is 0 Å². The summed E-state index contributed by atoms with van der Waals surface area (Å²) < 4.78 is 0. The Kier molecular flexibility index (Phi) is 9.77. The van der Waals surface area contributed by atoms with Crippen LogP contribution in [0.15, 0.2) is 51.1 Å². The van der Waals surface area contributed by atoms with Crippen LogP contribution in [0.5, 0.6) is 0 Å². The van der Waals surface area contributed by atoms with Gasteiger partial charge in [0.1, 0.15) is 5.84 Å². The molecule has 2 fully saturated rings. The van der Waals surface area contributed by atoms with Crippen molar-refractivity contribution in [2.45, 2.75) is 66.3 Å². The first-order valence-electron chi connectivity index (χ1n) is 13.1. The van der Waals surface area contributed by atoms with Gasteiger partial charge in [0, 0.05) is 50.1 Å². The Balaban J connectivity index is 1.94. The molecule has 2 aliphatic heterocycles. The largest absolute Gasteiger partial charge is 0.387 e. The highest BCUT2D eigenvalue weighted by molar-refractivity contribution is 6.31. The second-order valence-corrected chi connectivity index (χ2v) is 10.7. The predicted molar refractivity (Wildman–Crippen MR) is 154 cm³/mol. The summed E-state index contributed by atoms with van der Waals surface area (Å²) in [6.45, 7) is 13.5. The number of aliphatic imine (C=N–C) groups is 2. The fraction of sp³-hybridized carbons (Fsp3) is 0.552. The normalized spacial score (nSPS) is 21.6. The fourth-order valence-corrected chi connectivity index (χ4v) is 5.19. The van der Waals surface area contributed by atoms with Crippen LogP contribution in [0.2, 0.25) is 5.02 Å². The average Bonchev–Trinajstić information content (AvgIpc) is 3.30. The number of halogens is 1. The maximum Gasteiger partial charge on any atom is 0.256 e. The van der Waals surface area contributed by atoms with E-state index in [0.29, 0.717) is 23.0 Å². The fourth-order valence-electron chi connectivity index (χ4n) is 5.01. The van der Waals surface area contributed by atoms with Crippen LogP contribution in [0.25, 0.3) is 0 Å². The van der Waals surface area contributed by atoms with Crippen molar-refractivity contribution >= 4 is 34.7 Å². The molecule has 3 rings (SSSR count). The van der Waals surface area contributed by atoms with Crippen molar-refractivity contribution in [2.75, 3.05) is 39.0 Å². The molecule has 1 amide bonds. The second-order valence-electron chi connectivity index (χ2n) is 10.3. The molecule has 1 N–H and O–H groups in total. The first kappa shape index (κ1) is 28.0. The summed E-state index contributed by atoms with van der Waals surface area (Å²) >= 11 is 6.26. The summed E-state index contributed by atoms with van der Waals surface area (Å²) in [5, 5.41) is 3.68. The van der Waals surface area contributed by atoms with E-state index in [-0.39, 0.29) is 11.9 Å². The average molecular weight is 512 g/mol. The number of likely N-dealkylation sites (tertiary alicyclic amines) is 2. The van der Waals surface area contributed by atoms with E-state index in [0.717, 1.165) is 55.3 Å². The lowest BCUT2D eigenvalue weighted by Gasteiger charge is -2.36. The zero-order valence-electron chi connectivity index (χ0n) is 23.0. The summed E-state index contributed by atoms with van der Waals surface area (Å²) in [5.41, 5.74) is 5.67. The highest BCUT2D eigenvalue weighted by atomic mass is 35.5. The standard InChI is InChI=1S/C29H42ClN5O/c1-19(2)22(5)28(34-15-13-20(3)18-34)33-21(4)16-26(32-7)27-10-8-9-14-35(27)29(36)24-17-23(30)11-12-25(24)31-6/h11-12,16-17,20,27,31H,8-10,13-15,18H2,1-7H3/b21-16+,32-26?,33-28?/t20-,27?/m0/s1. The van der Waals surface area contributed by atoms with Gasteiger partial charge in [0.15, 0.2) is 0 Å². The number of rotatable bonds is 6. The summed E-state index contributed by atoms with van der Waals surface area (Å²) in [6, 6.07) is 5.31. The minimum atomic E-state index is -0.0927. The molecule has 0 radical (unpaired) electrons. The Hall–Kier alpha value is -2.60. The Bertz CT molecular complexity index is 1080. The lowest BCUT2D eigenvalue weighted by Crippen LogP contribution is -2.47. The van der Waals surface area contributed by atoms with Gasteiger partial charge in [-0.2, -0.15) is 0 Å². The van der Waals surface area contributed by atoms with Crippen molar-refractivity contribution in [3.8, 4) is 0 Å². The third-order valence-electron chi connectivity index (χ3n) is 7.29. The number of piperidine rings is 1. The molecule has 2 saturated heterocycles. The highest BCUT2D eigenvalue weighted by Crippen LogP contribution is 2.27. The zero-order chi connectivity index (χ0) is 26.4. The van der Waals surface area contributed by atoms with E-state index < -0.39 is 0 Å². The van der Waals surface area contributed by atoms with Gasteiger partial charge in [0.25, 0.3) is 5.91 Å². The molecule has 0 bridgehead atoms. The molecule has 2 heterocycles. The first-order chi connectivity index (χ1) is 17.2. The molecular weight excluding hydrogens is 470 g/mol. The molecule has 36 heavy (non-hydrogen) atoms. The number of anilines is 1. The molecule has 0 aliphatic carbocycles. The van der Waals surface area contributed by atoms with Crippen molar-refractivity contribution in [3.05, 3.63) is 51.7 Å². The van der Waals surface area contributed by atoms with E-state index in [1.165, 1.54) is 17.6 Å². The first-order valence-corrected chi connectivity index (χ1v) is 13.4. The van der Waals surface area contributed by atoms with Gasteiger partial charge in [-0.3, -0.25) is 9.79 Å². The molecule has 1 aromatic carbocycles. The Morgan fingerprint density at radius 3 is 2.50 bits per heavy atom. The molecule has 0 aromatic heterocycles. The van der Waals surface area contributed by atoms with E-state index in [1.807, 2.05) is 32.0 Å². The van der Waals surface area contributed by atoms with Crippen molar-refractivity contribution in [3.63, 3.8) is 0 Å². The summed E-state index contributed by atoms with van der Waals surface area (Å²) in [7, 11) is 3.63. The molecule has 0 saturated carbocycles. The van der Waals surface area contributed by atoms with Crippen LogP contribution in [0.1, 0.15) is 70.7 Å². The third-order valence-corrected chi connectivity index (χ3v) is 7.53. The van der Waals surface area contributed by atoms with Gasteiger partial charge < -0.3 is 15.1 Å². The molecule has 196 valence electrons. The number of benzene rings is 1. The number of carbonyl (C=O) groups is 1. The van der Waals surface area contributed by atoms with Crippen molar-refractivity contribution < 1.29 is 4.79 Å². The highest BCUT2D eigenvalue weighted by Gasteiger charge is 2.31. The Labute approximate surface area is 222 Å². The number of amidine groups is 1. The molecule has 2 atom stereocenters. The van der Waals surface area contributed by atoms with Gasteiger partial charge in [0.05, 0.1) is 17.3 Å². The van der Waals surface area contributed by atoms with Crippen LogP contribution in [-0.4, -0.2) is 67.0 Å². The minimum Gasteiger partial charge on any atom is -0.387 e. The van der Waals surface area contributed by atoms with Crippen LogP contribution >= 0.6 is 11.6 Å². The lowest BCUT2D eigenvalue weighted by molar-refractivity contribution is 0.0682. The summed E-state index contributed by atoms with van der Waals surface area (Å²) in [6.07, 6.45) is 6.17. The van der Waals surface area contributed by atoms with Crippen molar-refractivity contribution in [1.29, 1.82) is 0 Å². The summed E-state index contributed by atoms with van der Waals surface area (Å²) in [4.78, 5) is 27.8. The molecule has 7 heteroatoms. The smallest absolute Gasteiger partial charge is 0.256 e. The number of allylic oxidation sites excluding steroid dienone is 2. The van der Waals surface area contributed by atoms with E-state index in [1.54, 1.807) is 12.1 Å². The lowest BCUT2D eigenvalue weighted by atomic mass is 9.95. The molecule has 0 spiro atoms. The third kappa shape index (κ3) is 6.58. The monoisotopic (exact) mass is 511 g/mol. The molecule has 2 aliphatic rings. The van der Waals surface area contributed by atoms with Crippen LogP contribution in [0, 0.1) is 5.92 Å². The zero-order valence-corrected chi connectivity index (χ0v) is 23.7. The molecule has 6 nitrogen and oxygen atoms in total.